The summed E-state index contributed by atoms with van der Waals surface area (Å²) >= 11 is 5.51. The summed E-state index contributed by atoms with van der Waals surface area (Å²) in [4.78, 5) is 16.0. The predicted octanol–water partition coefficient (Wildman–Crippen LogP) is 3.18. The molecular formula is C15H12ClN3O. The van der Waals surface area contributed by atoms with E-state index in [2.05, 4.69) is 10.3 Å². The first kappa shape index (κ1) is 12.7. The number of hydrogen-bond donors (Lipinski definition) is 1. The Balaban J connectivity index is 2.07. The highest BCUT2D eigenvalue weighted by atomic mass is 35.5. The van der Waals surface area contributed by atoms with E-state index in [1.165, 1.54) is 0 Å². The maximum Gasteiger partial charge on any atom is 0.239 e. The van der Waals surface area contributed by atoms with Crippen LogP contribution < -0.4 is 5.32 Å². The minimum atomic E-state index is -0.246. The molecule has 100 valence electrons. The Bertz CT molecular complexity index is 752. The van der Waals surface area contributed by atoms with Crippen molar-refractivity contribution < 1.29 is 4.79 Å². The molecule has 0 saturated heterocycles. The molecule has 0 aliphatic rings. The molecule has 1 aromatic carbocycles. The van der Waals surface area contributed by atoms with Crippen molar-refractivity contribution in [2.24, 2.45) is 0 Å². The van der Waals surface area contributed by atoms with Crippen molar-refractivity contribution in [3.63, 3.8) is 0 Å². The Labute approximate surface area is 121 Å². The van der Waals surface area contributed by atoms with E-state index in [1.807, 2.05) is 59.3 Å². The van der Waals surface area contributed by atoms with E-state index < -0.39 is 0 Å². The number of hydrogen-bond acceptors (Lipinski definition) is 2. The summed E-state index contributed by atoms with van der Waals surface area (Å²) in [5.41, 5.74) is 3.24. The molecule has 4 nitrogen and oxygen atoms in total. The Morgan fingerprint density at radius 2 is 2.00 bits per heavy atom. The number of anilines is 1. The second-order valence-corrected chi connectivity index (χ2v) is 4.59. The van der Waals surface area contributed by atoms with Crippen molar-refractivity contribution in [3.8, 4) is 11.3 Å². The maximum atomic E-state index is 11.4. The van der Waals surface area contributed by atoms with E-state index >= 15 is 0 Å². The summed E-state index contributed by atoms with van der Waals surface area (Å²) < 4.78 is 1.88. The van der Waals surface area contributed by atoms with E-state index in [4.69, 9.17) is 11.6 Å². The minimum Gasteiger partial charge on any atom is -0.322 e. The number of alkyl halides is 1. The van der Waals surface area contributed by atoms with Crippen molar-refractivity contribution >= 4 is 28.8 Å². The smallest absolute Gasteiger partial charge is 0.239 e. The van der Waals surface area contributed by atoms with E-state index in [9.17, 15) is 4.79 Å². The van der Waals surface area contributed by atoms with Gasteiger partial charge in [0.1, 0.15) is 5.88 Å². The lowest BCUT2D eigenvalue weighted by Gasteiger charge is -2.03. The fourth-order valence-corrected chi connectivity index (χ4v) is 2.11. The zero-order valence-electron chi connectivity index (χ0n) is 10.6. The van der Waals surface area contributed by atoms with Crippen LogP contribution in [0.2, 0.25) is 0 Å². The van der Waals surface area contributed by atoms with Crippen molar-refractivity contribution in [3.05, 3.63) is 54.9 Å². The molecule has 0 aliphatic carbocycles. The Hall–Kier alpha value is -2.33. The molecule has 2 aromatic heterocycles. The van der Waals surface area contributed by atoms with Crippen molar-refractivity contribution in [1.82, 2.24) is 9.38 Å². The van der Waals surface area contributed by atoms with Gasteiger partial charge in [-0.3, -0.25) is 4.79 Å². The number of nitrogens with one attached hydrogen (secondary N) is 1. The first-order chi connectivity index (χ1) is 9.78. The van der Waals surface area contributed by atoms with Gasteiger partial charge in [0.2, 0.25) is 5.91 Å². The van der Waals surface area contributed by atoms with Crippen LogP contribution in [-0.2, 0) is 4.79 Å². The molecule has 0 spiro atoms. The molecule has 0 saturated carbocycles. The molecule has 1 N–H and O–H groups in total. The van der Waals surface area contributed by atoms with E-state index in [0.717, 1.165) is 11.3 Å². The number of imidazole rings is 1. The van der Waals surface area contributed by atoms with Crippen molar-refractivity contribution in [2.45, 2.75) is 0 Å². The molecule has 0 atom stereocenters. The van der Waals surface area contributed by atoms with Gasteiger partial charge in [0.15, 0.2) is 5.65 Å². The second-order valence-electron chi connectivity index (χ2n) is 4.33. The third kappa shape index (κ3) is 2.38. The van der Waals surface area contributed by atoms with Crippen LogP contribution in [0.25, 0.3) is 16.9 Å². The third-order valence-corrected chi connectivity index (χ3v) is 3.19. The largest absolute Gasteiger partial charge is 0.322 e. The number of aromatic nitrogens is 2. The van der Waals surface area contributed by atoms with Crippen LogP contribution in [0.15, 0.2) is 54.9 Å². The maximum absolute atomic E-state index is 11.4. The topological polar surface area (TPSA) is 46.4 Å². The summed E-state index contributed by atoms with van der Waals surface area (Å²) in [6.45, 7) is 0. The van der Waals surface area contributed by atoms with Gasteiger partial charge in [-0.25, -0.2) is 4.98 Å². The first-order valence-corrected chi connectivity index (χ1v) is 6.70. The van der Waals surface area contributed by atoms with Gasteiger partial charge in [-0.1, -0.05) is 30.3 Å². The number of halogens is 1. The highest BCUT2D eigenvalue weighted by Crippen LogP contribution is 2.22. The monoisotopic (exact) mass is 285 g/mol. The highest BCUT2D eigenvalue weighted by Gasteiger charge is 2.09. The average Bonchev–Trinajstić information content (AvgIpc) is 2.93. The van der Waals surface area contributed by atoms with E-state index in [-0.39, 0.29) is 11.8 Å². The Morgan fingerprint density at radius 3 is 2.75 bits per heavy atom. The number of benzene rings is 1. The number of pyridine rings is 1. The van der Waals surface area contributed by atoms with Crippen molar-refractivity contribution in [2.75, 3.05) is 11.2 Å². The quantitative estimate of drug-likeness (QED) is 0.751. The first-order valence-electron chi connectivity index (χ1n) is 6.17. The van der Waals surface area contributed by atoms with Crippen LogP contribution in [0.4, 0.5) is 5.69 Å². The molecule has 3 aromatic rings. The van der Waals surface area contributed by atoms with Crippen LogP contribution in [0.1, 0.15) is 0 Å². The summed E-state index contributed by atoms with van der Waals surface area (Å²) in [5, 5.41) is 2.75. The molecule has 3 rings (SSSR count). The molecule has 5 heteroatoms. The van der Waals surface area contributed by atoms with Gasteiger partial charge in [0.05, 0.1) is 11.4 Å². The predicted molar refractivity (Wildman–Crippen MR) is 80.0 cm³/mol. The average molecular weight is 286 g/mol. The fourth-order valence-electron chi connectivity index (χ4n) is 2.04. The van der Waals surface area contributed by atoms with Crippen LogP contribution in [0.5, 0.6) is 0 Å². The summed E-state index contributed by atoms with van der Waals surface area (Å²) in [5.74, 6) is -0.322. The van der Waals surface area contributed by atoms with Gasteiger partial charge >= 0.3 is 0 Å². The summed E-state index contributed by atoms with van der Waals surface area (Å²) in [7, 11) is 0. The standard InChI is InChI=1S/C15H12ClN3O/c16-9-14(20)17-12-7-4-8-19-10-13(18-15(12)19)11-5-2-1-3-6-11/h1-8,10H,9H2,(H,17,20). The molecule has 0 radical (unpaired) electrons. The van der Waals surface area contributed by atoms with Gasteiger partial charge in [0.25, 0.3) is 0 Å². The number of rotatable bonds is 3. The van der Waals surface area contributed by atoms with Crippen LogP contribution in [0, 0.1) is 0 Å². The van der Waals surface area contributed by atoms with E-state index in [1.54, 1.807) is 0 Å². The van der Waals surface area contributed by atoms with Gasteiger partial charge in [0, 0.05) is 18.0 Å². The molecule has 20 heavy (non-hydrogen) atoms. The Morgan fingerprint density at radius 1 is 1.20 bits per heavy atom. The van der Waals surface area contributed by atoms with Crippen molar-refractivity contribution in [1.29, 1.82) is 0 Å². The molecule has 1 amide bonds. The highest BCUT2D eigenvalue weighted by molar-refractivity contribution is 6.29. The summed E-state index contributed by atoms with van der Waals surface area (Å²) in [6.07, 6.45) is 3.83. The number of nitrogens with zero attached hydrogens (tertiary/aromatic N) is 2. The fraction of sp³-hybridized carbons (Fsp3) is 0.0667. The van der Waals surface area contributed by atoms with Gasteiger partial charge < -0.3 is 9.72 Å². The molecule has 2 heterocycles. The van der Waals surface area contributed by atoms with Gasteiger partial charge in [-0.05, 0) is 12.1 Å². The lowest BCUT2D eigenvalue weighted by molar-refractivity contribution is -0.113. The number of carbonyl (C=O) groups is 1. The van der Waals surface area contributed by atoms with Crippen LogP contribution in [0.3, 0.4) is 0 Å². The summed E-state index contributed by atoms with van der Waals surface area (Å²) in [6, 6.07) is 13.6. The zero-order valence-corrected chi connectivity index (χ0v) is 11.3. The molecule has 0 fully saturated rings. The Kier molecular flexibility index (Phi) is 3.39. The van der Waals surface area contributed by atoms with Gasteiger partial charge in [-0.15, -0.1) is 11.6 Å². The number of fused-ring (bicyclic) bond motifs is 1. The lowest BCUT2D eigenvalue weighted by Crippen LogP contribution is -2.13. The number of amides is 1. The minimum absolute atomic E-state index is 0.0761. The third-order valence-electron chi connectivity index (χ3n) is 2.95. The zero-order chi connectivity index (χ0) is 13.9. The lowest BCUT2D eigenvalue weighted by atomic mass is 10.2. The molecule has 0 bridgehead atoms. The SMILES string of the molecule is O=C(CCl)Nc1cccn2cc(-c3ccccc3)nc12. The van der Waals surface area contributed by atoms with Gasteiger partial charge in [-0.2, -0.15) is 0 Å². The van der Waals surface area contributed by atoms with E-state index in [0.29, 0.717) is 11.3 Å². The molecule has 0 unspecified atom stereocenters. The second kappa shape index (κ2) is 5.35. The molecular weight excluding hydrogens is 274 g/mol. The normalized spacial score (nSPS) is 10.7. The number of carbonyl (C=O) groups excluding carboxylic acids is 1. The van der Waals surface area contributed by atoms with Crippen LogP contribution in [-0.4, -0.2) is 21.2 Å². The van der Waals surface area contributed by atoms with Crippen LogP contribution >= 0.6 is 11.6 Å². The molecule has 0 aliphatic heterocycles.